The average Bonchev–Trinajstić information content (AvgIpc) is 3.07. The number of halogens is 3. The van der Waals surface area contributed by atoms with E-state index in [4.69, 9.17) is 10.00 Å². The number of aliphatic imine (C=N–C) groups is 1. The van der Waals surface area contributed by atoms with Crippen molar-refractivity contribution in [3.63, 3.8) is 0 Å². The van der Waals surface area contributed by atoms with Gasteiger partial charge in [0.05, 0.1) is 0 Å². The number of nitrogens with zero attached hydrogens (tertiary/aromatic N) is 4. The van der Waals surface area contributed by atoms with Crippen LogP contribution >= 0.6 is 0 Å². The summed E-state index contributed by atoms with van der Waals surface area (Å²) in [5.41, 5.74) is 1.62. The summed E-state index contributed by atoms with van der Waals surface area (Å²) < 4.78 is 43.5. The van der Waals surface area contributed by atoms with Crippen molar-refractivity contribution >= 4 is 6.72 Å². The molecule has 9 heteroatoms. The van der Waals surface area contributed by atoms with Gasteiger partial charge in [0.2, 0.25) is 0 Å². The molecule has 1 heterocycles. The van der Waals surface area contributed by atoms with Gasteiger partial charge in [-0.05, 0) is 56.0 Å². The van der Waals surface area contributed by atoms with Crippen LogP contribution in [0.15, 0.2) is 46.6 Å². The fourth-order valence-corrected chi connectivity index (χ4v) is 2.18. The van der Waals surface area contributed by atoms with E-state index in [1.807, 2.05) is 19.1 Å². The summed E-state index contributed by atoms with van der Waals surface area (Å²) in [5, 5.41) is 19.1. The van der Waals surface area contributed by atoms with Gasteiger partial charge >= 0.3 is 6.18 Å². The molecule has 0 saturated carbocycles. The zero-order valence-corrected chi connectivity index (χ0v) is 14.6. The predicted molar refractivity (Wildman–Crippen MR) is 94.2 cm³/mol. The number of ether oxygens (including phenoxy) is 1. The lowest BCUT2D eigenvalue weighted by Crippen LogP contribution is -2.09. The molecule has 0 spiro atoms. The highest BCUT2D eigenvalue weighted by Crippen LogP contribution is 2.27. The van der Waals surface area contributed by atoms with Crippen molar-refractivity contribution in [2.24, 2.45) is 4.99 Å². The predicted octanol–water partition coefficient (Wildman–Crippen LogP) is 4.12. The molecule has 0 aliphatic rings. The van der Waals surface area contributed by atoms with Gasteiger partial charge < -0.3 is 4.74 Å². The Morgan fingerprint density at radius 1 is 1.37 bits per heavy atom. The number of H-pyrrole nitrogens is 1. The molecule has 0 amide bonds. The first kappa shape index (κ1) is 19.9. The summed E-state index contributed by atoms with van der Waals surface area (Å²) in [6.07, 6.45) is -2.43. The minimum absolute atomic E-state index is 0.0750. The third-order valence-electron chi connectivity index (χ3n) is 3.44. The van der Waals surface area contributed by atoms with Crippen LogP contribution in [0.5, 0.6) is 5.75 Å². The van der Waals surface area contributed by atoms with Crippen LogP contribution < -0.4 is 4.74 Å². The lowest BCUT2D eigenvalue weighted by Gasteiger charge is -2.09. The number of hydrogen-bond acceptors (Lipinski definition) is 5. The van der Waals surface area contributed by atoms with E-state index in [2.05, 4.69) is 27.1 Å². The Balaban J connectivity index is 2.17. The fourth-order valence-electron chi connectivity index (χ4n) is 2.18. The maximum Gasteiger partial charge on any atom is 0.433 e. The van der Waals surface area contributed by atoms with E-state index in [9.17, 15) is 13.2 Å². The van der Waals surface area contributed by atoms with Crippen LogP contribution in [0, 0.1) is 18.3 Å². The number of alkyl halides is 3. The number of hydrogen-bond donors (Lipinski definition) is 1. The van der Waals surface area contributed by atoms with Gasteiger partial charge in [-0.25, -0.2) is 5.10 Å². The Bertz CT molecular complexity index is 935. The molecule has 1 N–H and O–H groups in total. The number of benzene rings is 1. The van der Waals surface area contributed by atoms with Crippen molar-refractivity contribution in [3.8, 4) is 23.1 Å². The highest BCUT2D eigenvalue weighted by molar-refractivity contribution is 5.66. The first-order chi connectivity index (χ1) is 12.7. The molecule has 1 aromatic carbocycles. The number of allylic oxidation sites excluding steroid dienone is 3. The highest BCUT2D eigenvalue weighted by atomic mass is 19.4. The van der Waals surface area contributed by atoms with Crippen LogP contribution in [0.1, 0.15) is 18.2 Å². The molecule has 2 rings (SSSR count). The van der Waals surface area contributed by atoms with Gasteiger partial charge in [0.1, 0.15) is 29.8 Å². The maximum absolute atomic E-state index is 12.6. The maximum atomic E-state index is 12.6. The zero-order valence-electron chi connectivity index (χ0n) is 14.6. The molecule has 0 aliphatic heterocycles. The van der Waals surface area contributed by atoms with Crippen LogP contribution in [-0.4, -0.2) is 34.9 Å². The second kappa shape index (κ2) is 8.31. The Morgan fingerprint density at radius 3 is 2.74 bits per heavy atom. The van der Waals surface area contributed by atoms with Crippen molar-refractivity contribution in [3.05, 3.63) is 52.9 Å². The third-order valence-corrected chi connectivity index (χ3v) is 3.44. The molecule has 140 valence electrons. The molecular formula is C18H16F3N5O. The van der Waals surface area contributed by atoms with Crippen LogP contribution in [0.2, 0.25) is 0 Å². The van der Waals surface area contributed by atoms with Crippen molar-refractivity contribution in [1.29, 1.82) is 5.26 Å². The first-order valence-corrected chi connectivity index (χ1v) is 7.72. The number of nitrogens with one attached hydrogen (secondary N) is 1. The Morgan fingerprint density at radius 2 is 2.11 bits per heavy atom. The molecule has 0 bridgehead atoms. The molecule has 1 aromatic heterocycles. The number of nitriles is 1. The zero-order chi connectivity index (χ0) is 20.0. The normalized spacial score (nSPS) is 12.6. The minimum atomic E-state index is -4.55. The van der Waals surface area contributed by atoms with Gasteiger partial charge in [-0.15, -0.1) is 5.10 Å². The number of aromatic amines is 1. The van der Waals surface area contributed by atoms with Gasteiger partial charge in [0.15, 0.2) is 5.69 Å². The van der Waals surface area contributed by atoms with Gasteiger partial charge in [0.25, 0.3) is 0 Å². The van der Waals surface area contributed by atoms with Gasteiger partial charge in [-0.2, -0.15) is 18.4 Å². The molecule has 0 unspecified atom stereocenters. The fraction of sp³-hybridized carbons (Fsp3) is 0.222. The second-order valence-corrected chi connectivity index (χ2v) is 5.69. The Hall–Kier alpha value is -3.41. The summed E-state index contributed by atoms with van der Waals surface area (Å²) in [4.78, 5) is 2.98. The highest BCUT2D eigenvalue weighted by Gasteiger charge is 2.32. The Kier molecular flexibility index (Phi) is 6.13. The molecular weight excluding hydrogens is 359 g/mol. The van der Waals surface area contributed by atoms with E-state index >= 15 is 0 Å². The van der Waals surface area contributed by atoms with Gasteiger partial charge in [0, 0.05) is 5.56 Å². The number of aromatic nitrogens is 3. The number of rotatable bonds is 6. The SMILES string of the molecule is C=N/C(=C\C=C(/C)COc1cc(C)cc(-c2nn[nH]c2C#N)c1)C(F)(F)F. The lowest BCUT2D eigenvalue weighted by molar-refractivity contribution is -0.0922. The Labute approximate surface area is 153 Å². The van der Waals surface area contributed by atoms with Gasteiger partial charge in [-0.3, -0.25) is 4.99 Å². The van der Waals surface area contributed by atoms with E-state index in [1.165, 1.54) is 6.08 Å². The molecule has 27 heavy (non-hydrogen) atoms. The molecule has 0 atom stereocenters. The largest absolute Gasteiger partial charge is 0.489 e. The summed E-state index contributed by atoms with van der Waals surface area (Å²) in [6, 6.07) is 7.24. The van der Waals surface area contributed by atoms with Crippen LogP contribution in [0.25, 0.3) is 11.3 Å². The quantitative estimate of drug-likeness (QED) is 0.608. The smallest absolute Gasteiger partial charge is 0.433 e. The molecule has 6 nitrogen and oxygen atoms in total. The van der Waals surface area contributed by atoms with Crippen molar-refractivity contribution in [2.45, 2.75) is 20.0 Å². The molecule has 0 saturated heterocycles. The van der Waals surface area contributed by atoms with E-state index in [1.54, 1.807) is 19.1 Å². The van der Waals surface area contributed by atoms with Gasteiger partial charge in [-0.1, -0.05) is 11.3 Å². The van der Waals surface area contributed by atoms with E-state index in [0.29, 0.717) is 22.6 Å². The average molecular weight is 375 g/mol. The monoisotopic (exact) mass is 375 g/mol. The van der Waals surface area contributed by atoms with Crippen molar-refractivity contribution < 1.29 is 17.9 Å². The second-order valence-electron chi connectivity index (χ2n) is 5.69. The summed E-state index contributed by atoms with van der Waals surface area (Å²) in [6.45, 7) is 6.48. The first-order valence-electron chi connectivity index (χ1n) is 7.72. The molecule has 0 fully saturated rings. The lowest BCUT2D eigenvalue weighted by atomic mass is 10.1. The summed E-state index contributed by atoms with van der Waals surface area (Å²) in [7, 11) is 0. The van der Waals surface area contributed by atoms with E-state index < -0.39 is 11.9 Å². The third kappa shape index (κ3) is 5.28. The van der Waals surface area contributed by atoms with Crippen molar-refractivity contribution in [1.82, 2.24) is 15.4 Å². The molecule has 0 aliphatic carbocycles. The van der Waals surface area contributed by atoms with Crippen LogP contribution in [-0.2, 0) is 0 Å². The minimum Gasteiger partial charge on any atom is -0.489 e. The van der Waals surface area contributed by atoms with E-state index in [0.717, 1.165) is 11.6 Å². The summed E-state index contributed by atoms with van der Waals surface area (Å²) >= 11 is 0. The number of aryl methyl sites for hydroxylation is 1. The standard InChI is InChI=1S/C18H16F3N5O/c1-11(4-5-16(23-3)18(19,20)21)10-27-14-7-12(2)6-13(8-14)17-15(9-22)24-26-25-17/h4-8H,3,10H2,1-2H3,(H,24,25,26)/b11-4+,16-5-. The topological polar surface area (TPSA) is 87.0 Å². The molecule has 0 radical (unpaired) electrons. The van der Waals surface area contributed by atoms with Crippen LogP contribution in [0.4, 0.5) is 13.2 Å². The summed E-state index contributed by atoms with van der Waals surface area (Å²) in [5.74, 6) is 0.492. The van der Waals surface area contributed by atoms with Crippen LogP contribution in [0.3, 0.4) is 0 Å². The van der Waals surface area contributed by atoms with Crippen molar-refractivity contribution in [2.75, 3.05) is 6.61 Å². The molecule has 2 aromatic rings. The van der Waals surface area contributed by atoms with E-state index in [-0.39, 0.29) is 12.3 Å².